The normalized spacial score (nSPS) is 14.1. The van der Waals surface area contributed by atoms with Crippen LogP contribution in [-0.2, 0) is 0 Å². The summed E-state index contributed by atoms with van der Waals surface area (Å²) in [6.07, 6.45) is 2.29. The molecule has 1 aliphatic rings. The van der Waals surface area contributed by atoms with Crippen molar-refractivity contribution < 1.29 is 0 Å². The van der Waals surface area contributed by atoms with Gasteiger partial charge in [0.15, 0.2) is 0 Å². The van der Waals surface area contributed by atoms with E-state index in [1.54, 1.807) is 0 Å². The molecule has 2 nitrogen and oxygen atoms in total. The fourth-order valence-corrected chi connectivity index (χ4v) is 2.72. The Balaban J connectivity index is 2.22. The van der Waals surface area contributed by atoms with E-state index in [1.807, 2.05) is 0 Å². The maximum atomic E-state index is 4.72. The van der Waals surface area contributed by atoms with Crippen molar-refractivity contribution in [1.29, 1.82) is 0 Å². The van der Waals surface area contributed by atoms with Crippen LogP contribution in [0, 0.1) is 13.8 Å². The van der Waals surface area contributed by atoms with Crippen LogP contribution in [-0.4, -0.2) is 18.6 Å². The van der Waals surface area contributed by atoms with Crippen molar-refractivity contribution in [2.24, 2.45) is 0 Å². The van der Waals surface area contributed by atoms with Gasteiger partial charge in [-0.25, -0.2) is 4.98 Å². The van der Waals surface area contributed by atoms with Gasteiger partial charge < -0.3 is 4.90 Å². The Morgan fingerprint density at radius 3 is 2.58 bits per heavy atom. The molecule has 0 atom stereocenters. The Labute approximate surface area is 114 Å². The summed E-state index contributed by atoms with van der Waals surface area (Å²) in [4.78, 5) is 6.93. The van der Waals surface area contributed by atoms with E-state index in [0.29, 0.717) is 0 Å². The smallest absolute Gasteiger partial charge is 0.137 e. The van der Waals surface area contributed by atoms with Crippen molar-refractivity contribution in [2.45, 2.75) is 13.8 Å². The molecule has 1 aromatic carbocycles. The highest BCUT2D eigenvalue weighted by Gasteiger charge is 2.21. The number of aromatic nitrogens is 1. The number of pyridine rings is 1. The summed E-state index contributed by atoms with van der Waals surface area (Å²) < 4.78 is 0. The first-order chi connectivity index (χ1) is 9.16. The summed E-state index contributed by atoms with van der Waals surface area (Å²) in [5, 5.41) is 0. The molecule has 0 aliphatic carbocycles. The molecular weight excluding hydrogens is 232 g/mol. The third-order valence-electron chi connectivity index (χ3n) is 3.61. The molecule has 0 radical (unpaired) electrons. The zero-order valence-electron chi connectivity index (χ0n) is 11.6. The van der Waals surface area contributed by atoms with Gasteiger partial charge in [-0.2, -0.15) is 0 Å². The molecular formula is C17H18N2. The lowest BCUT2D eigenvalue weighted by Crippen LogP contribution is -2.24. The number of nitrogens with zero attached hydrogens (tertiary/aromatic N) is 2. The summed E-state index contributed by atoms with van der Waals surface area (Å²) in [7, 11) is 2.10. The summed E-state index contributed by atoms with van der Waals surface area (Å²) in [6.45, 7) is 5.14. The number of hydrogen-bond acceptors (Lipinski definition) is 2. The molecule has 0 fully saturated rings. The standard InChI is InChI=1S/C17H18N2/c1-12-11-13(2)18-17-16(12)15(9-10-19(17)3)14-7-5-4-6-8-14/h4-9,11H,10H2,1-3H3. The Morgan fingerprint density at radius 2 is 1.84 bits per heavy atom. The van der Waals surface area contributed by atoms with Crippen LogP contribution in [0.25, 0.3) is 5.57 Å². The van der Waals surface area contributed by atoms with Gasteiger partial charge >= 0.3 is 0 Å². The summed E-state index contributed by atoms with van der Waals surface area (Å²) in [6, 6.07) is 12.7. The largest absolute Gasteiger partial charge is 0.355 e. The SMILES string of the molecule is Cc1cc(C)c2c(n1)N(C)CC=C2c1ccccc1. The first-order valence-electron chi connectivity index (χ1n) is 6.62. The summed E-state index contributed by atoms with van der Waals surface area (Å²) in [5.74, 6) is 1.10. The van der Waals surface area contributed by atoms with E-state index >= 15 is 0 Å². The zero-order valence-corrected chi connectivity index (χ0v) is 11.6. The van der Waals surface area contributed by atoms with E-state index in [2.05, 4.69) is 68.3 Å². The number of anilines is 1. The lowest BCUT2D eigenvalue weighted by Gasteiger charge is -2.28. The van der Waals surface area contributed by atoms with Gasteiger partial charge in [0.2, 0.25) is 0 Å². The predicted octanol–water partition coefficient (Wildman–Crippen LogP) is 3.58. The molecule has 19 heavy (non-hydrogen) atoms. The van der Waals surface area contributed by atoms with Crippen molar-refractivity contribution in [1.82, 2.24) is 4.98 Å². The minimum absolute atomic E-state index is 0.910. The second kappa shape index (κ2) is 4.54. The van der Waals surface area contributed by atoms with Crippen LogP contribution in [0.5, 0.6) is 0 Å². The van der Waals surface area contributed by atoms with Crippen LogP contribution < -0.4 is 4.90 Å². The lowest BCUT2D eigenvalue weighted by molar-refractivity contribution is 0.954. The van der Waals surface area contributed by atoms with E-state index in [4.69, 9.17) is 4.98 Å². The Bertz CT molecular complexity index is 642. The number of hydrogen-bond donors (Lipinski definition) is 0. The van der Waals surface area contributed by atoms with Crippen LogP contribution in [0.3, 0.4) is 0 Å². The van der Waals surface area contributed by atoms with E-state index in [1.165, 1.54) is 22.3 Å². The van der Waals surface area contributed by atoms with Crippen LogP contribution in [0.2, 0.25) is 0 Å². The van der Waals surface area contributed by atoms with Crippen LogP contribution >= 0.6 is 0 Å². The number of fused-ring (bicyclic) bond motifs is 1. The van der Waals surface area contributed by atoms with Gasteiger partial charge in [0.25, 0.3) is 0 Å². The van der Waals surface area contributed by atoms with E-state index in [-0.39, 0.29) is 0 Å². The second-order valence-electron chi connectivity index (χ2n) is 5.14. The molecule has 3 rings (SSSR count). The van der Waals surface area contributed by atoms with Crippen LogP contribution in [0.1, 0.15) is 22.4 Å². The molecule has 96 valence electrons. The maximum Gasteiger partial charge on any atom is 0.137 e. The minimum Gasteiger partial charge on any atom is -0.355 e. The molecule has 0 unspecified atom stereocenters. The summed E-state index contributed by atoms with van der Waals surface area (Å²) in [5.41, 5.74) is 6.22. The van der Waals surface area contributed by atoms with Gasteiger partial charge in [-0.05, 0) is 36.6 Å². The lowest BCUT2D eigenvalue weighted by atomic mass is 9.92. The molecule has 0 amide bonds. The molecule has 0 saturated heterocycles. The number of rotatable bonds is 1. The van der Waals surface area contributed by atoms with Crippen molar-refractivity contribution in [3.8, 4) is 0 Å². The van der Waals surface area contributed by atoms with Gasteiger partial charge in [0.1, 0.15) is 5.82 Å². The number of benzene rings is 1. The molecule has 2 heteroatoms. The third-order valence-corrected chi connectivity index (χ3v) is 3.61. The van der Waals surface area contributed by atoms with Gasteiger partial charge in [0, 0.05) is 24.8 Å². The molecule has 1 aliphatic heterocycles. The van der Waals surface area contributed by atoms with Crippen molar-refractivity contribution >= 4 is 11.4 Å². The van der Waals surface area contributed by atoms with Crippen molar-refractivity contribution in [2.75, 3.05) is 18.5 Å². The highest BCUT2D eigenvalue weighted by Crippen LogP contribution is 2.35. The highest BCUT2D eigenvalue weighted by molar-refractivity contribution is 5.89. The molecule has 1 aromatic heterocycles. The first kappa shape index (κ1) is 12.0. The average molecular weight is 250 g/mol. The predicted molar refractivity (Wildman–Crippen MR) is 80.5 cm³/mol. The van der Waals surface area contributed by atoms with Crippen LogP contribution in [0.4, 0.5) is 5.82 Å². The van der Waals surface area contributed by atoms with E-state index in [9.17, 15) is 0 Å². The minimum atomic E-state index is 0.910. The fraction of sp³-hybridized carbons (Fsp3) is 0.235. The van der Waals surface area contributed by atoms with Gasteiger partial charge in [-0.1, -0.05) is 36.4 Å². The maximum absolute atomic E-state index is 4.72. The van der Waals surface area contributed by atoms with Crippen LogP contribution in [0.15, 0.2) is 42.5 Å². The van der Waals surface area contributed by atoms with Crippen molar-refractivity contribution in [3.05, 3.63) is 64.9 Å². The average Bonchev–Trinajstić information content (AvgIpc) is 2.41. The monoisotopic (exact) mass is 250 g/mol. The number of likely N-dealkylation sites (N-methyl/N-ethyl adjacent to an activating group) is 1. The molecule has 0 spiro atoms. The van der Waals surface area contributed by atoms with Gasteiger partial charge in [0.05, 0.1) is 0 Å². The van der Waals surface area contributed by atoms with E-state index < -0.39 is 0 Å². The highest BCUT2D eigenvalue weighted by atomic mass is 15.2. The van der Waals surface area contributed by atoms with Crippen molar-refractivity contribution in [3.63, 3.8) is 0 Å². The number of aryl methyl sites for hydroxylation is 2. The second-order valence-corrected chi connectivity index (χ2v) is 5.14. The summed E-state index contributed by atoms with van der Waals surface area (Å²) >= 11 is 0. The zero-order chi connectivity index (χ0) is 13.4. The fourth-order valence-electron chi connectivity index (χ4n) is 2.72. The molecule has 2 heterocycles. The van der Waals surface area contributed by atoms with E-state index in [0.717, 1.165) is 18.1 Å². The van der Waals surface area contributed by atoms with Gasteiger partial charge in [-0.15, -0.1) is 0 Å². The Hall–Kier alpha value is -2.09. The first-order valence-corrected chi connectivity index (χ1v) is 6.62. The quantitative estimate of drug-likeness (QED) is 0.769. The Kier molecular flexibility index (Phi) is 2.86. The molecule has 0 bridgehead atoms. The molecule has 2 aromatic rings. The topological polar surface area (TPSA) is 16.1 Å². The third kappa shape index (κ3) is 2.03. The van der Waals surface area contributed by atoms with Gasteiger partial charge in [-0.3, -0.25) is 0 Å². The molecule has 0 N–H and O–H groups in total. The Morgan fingerprint density at radius 1 is 1.11 bits per heavy atom. The molecule has 0 saturated carbocycles.